The molecule has 0 aliphatic heterocycles. The maximum Gasteiger partial charge on any atom is 0.417 e. The lowest BCUT2D eigenvalue weighted by Gasteiger charge is -2.27. The van der Waals surface area contributed by atoms with Crippen LogP contribution in [-0.4, -0.2) is 53.4 Å². The molecule has 0 bridgehead atoms. The highest BCUT2D eigenvalue weighted by Gasteiger charge is 2.26. The topological polar surface area (TPSA) is 129 Å². The summed E-state index contributed by atoms with van der Waals surface area (Å²) in [5.74, 6) is -2.10. The van der Waals surface area contributed by atoms with Gasteiger partial charge in [0.05, 0.1) is 0 Å². The van der Waals surface area contributed by atoms with Gasteiger partial charge in [0, 0.05) is 26.8 Å². The molecule has 0 heterocycles. The molecule has 0 saturated carbocycles. The van der Waals surface area contributed by atoms with Crippen LogP contribution in [0.1, 0.15) is 30.9 Å². The Kier molecular flexibility index (Phi) is 9.88. The number of alkyl carbamates (subject to hydrolysis) is 1. The van der Waals surface area contributed by atoms with Gasteiger partial charge in [0.15, 0.2) is 0 Å². The zero-order valence-corrected chi connectivity index (χ0v) is 18.7. The molecule has 2 aromatic carbocycles. The number of likely N-dealkylation sites (N-methyl/N-ethyl adjacent to an activating group) is 1. The van der Waals surface area contributed by atoms with Crippen LogP contribution in [0.3, 0.4) is 0 Å². The molecule has 0 spiro atoms. The fourth-order valence-corrected chi connectivity index (χ4v) is 3.10. The lowest BCUT2D eigenvalue weighted by atomic mass is 10.1. The summed E-state index contributed by atoms with van der Waals surface area (Å²) in [6.45, 7) is 1.39. The molecule has 1 amide bonds. The van der Waals surface area contributed by atoms with Gasteiger partial charge in [-0.25, -0.2) is 9.59 Å². The van der Waals surface area contributed by atoms with Crippen LogP contribution >= 0.6 is 0 Å². The summed E-state index contributed by atoms with van der Waals surface area (Å²) in [7, 11) is 1.39. The summed E-state index contributed by atoms with van der Waals surface area (Å²) in [6.07, 6.45) is -0.559. The highest BCUT2D eigenvalue weighted by atomic mass is 16.7. The third-order valence-corrected chi connectivity index (χ3v) is 4.86. The molecule has 2 unspecified atom stereocenters. The molecular formula is C24H29N3O6. The van der Waals surface area contributed by atoms with E-state index in [4.69, 9.17) is 14.9 Å². The van der Waals surface area contributed by atoms with Crippen molar-refractivity contribution in [2.24, 2.45) is 0 Å². The molecule has 0 aromatic heterocycles. The maximum atomic E-state index is 12.1. The Morgan fingerprint density at radius 3 is 2.15 bits per heavy atom. The van der Waals surface area contributed by atoms with E-state index in [1.807, 2.05) is 36.4 Å². The number of amides is 1. The van der Waals surface area contributed by atoms with Crippen LogP contribution < -0.4 is 5.32 Å². The Hall–Kier alpha value is -3.88. The van der Waals surface area contributed by atoms with Gasteiger partial charge in [-0.3, -0.25) is 15.5 Å². The summed E-state index contributed by atoms with van der Waals surface area (Å²) < 4.78 is 10.0. The normalized spacial score (nSPS) is 12.2. The van der Waals surface area contributed by atoms with Crippen molar-refractivity contribution in [3.05, 3.63) is 71.8 Å². The smallest absolute Gasteiger partial charge is 0.417 e. The van der Waals surface area contributed by atoms with Gasteiger partial charge in [0.2, 0.25) is 12.2 Å². The third-order valence-electron chi connectivity index (χ3n) is 4.86. The molecule has 3 N–H and O–H groups in total. The average Bonchev–Trinajstić information content (AvgIpc) is 2.78. The second-order valence-electron chi connectivity index (χ2n) is 7.43. The number of carbonyl (C=O) groups excluding carboxylic acids is 2. The zero-order valence-electron chi connectivity index (χ0n) is 18.7. The summed E-state index contributed by atoms with van der Waals surface area (Å²) in [6, 6.07) is 17.6. The predicted octanol–water partition coefficient (Wildman–Crippen LogP) is 3.19. The van der Waals surface area contributed by atoms with Crippen molar-refractivity contribution in [1.82, 2.24) is 10.2 Å². The molecule has 9 heteroatoms. The molecular weight excluding hydrogens is 426 g/mol. The molecule has 176 valence electrons. The molecule has 2 aromatic rings. The van der Waals surface area contributed by atoms with E-state index in [-0.39, 0.29) is 12.8 Å². The van der Waals surface area contributed by atoms with Crippen LogP contribution in [0.5, 0.6) is 0 Å². The first-order chi connectivity index (χ1) is 15.8. The standard InChI is InChI=1S/C24H29N3O6/c1-17(32-21(28)15-9-14-18-10-5-3-6-11-18)33-24(31)26-23(25)27(2)20(22(29)30)16-19-12-7-4-8-13-19/h3-8,10-13,17,20H,9,14-16H2,1-2H3,(H,29,30)(H2,25,26,31). The quantitative estimate of drug-likeness (QED) is 0.217. The lowest BCUT2D eigenvalue weighted by molar-refractivity contribution is -0.164. The number of nitrogens with one attached hydrogen (secondary N) is 2. The Labute approximate surface area is 192 Å². The SMILES string of the molecule is CC(OC(=O)CCCc1ccccc1)OC(=O)NC(=N)N(C)C(Cc1ccccc1)C(=O)O. The van der Waals surface area contributed by atoms with Crippen molar-refractivity contribution in [3.8, 4) is 0 Å². The number of carbonyl (C=O) groups is 3. The minimum absolute atomic E-state index is 0.142. The first-order valence-electron chi connectivity index (χ1n) is 10.6. The van der Waals surface area contributed by atoms with Gasteiger partial charge in [-0.05, 0) is 24.0 Å². The molecule has 0 aliphatic rings. The minimum atomic E-state index is -1.16. The summed E-state index contributed by atoms with van der Waals surface area (Å²) in [4.78, 5) is 36.8. The Morgan fingerprint density at radius 1 is 1.00 bits per heavy atom. The van der Waals surface area contributed by atoms with Gasteiger partial charge in [-0.1, -0.05) is 60.7 Å². The number of rotatable bonds is 10. The minimum Gasteiger partial charge on any atom is -0.480 e. The first-order valence-corrected chi connectivity index (χ1v) is 10.6. The molecule has 2 atom stereocenters. The second-order valence-corrected chi connectivity index (χ2v) is 7.43. The van der Waals surface area contributed by atoms with Crippen molar-refractivity contribution in [3.63, 3.8) is 0 Å². The molecule has 0 radical (unpaired) electrons. The molecule has 9 nitrogen and oxygen atoms in total. The molecule has 0 fully saturated rings. The molecule has 0 saturated heterocycles. The highest BCUT2D eigenvalue weighted by molar-refractivity contribution is 5.94. The van der Waals surface area contributed by atoms with E-state index in [2.05, 4.69) is 5.32 Å². The summed E-state index contributed by atoms with van der Waals surface area (Å²) in [5, 5.41) is 19.7. The summed E-state index contributed by atoms with van der Waals surface area (Å²) in [5.41, 5.74) is 1.89. The largest absolute Gasteiger partial charge is 0.480 e. The van der Waals surface area contributed by atoms with Crippen LogP contribution in [0, 0.1) is 5.41 Å². The zero-order chi connectivity index (χ0) is 24.2. The summed E-state index contributed by atoms with van der Waals surface area (Å²) >= 11 is 0. The second kappa shape index (κ2) is 12.8. The number of guanidine groups is 1. The Bertz CT molecular complexity index is 936. The number of aliphatic carboxylic acids is 1. The van der Waals surface area contributed by atoms with Crippen molar-refractivity contribution in [2.75, 3.05) is 7.05 Å². The molecule has 0 aliphatic carbocycles. The van der Waals surface area contributed by atoms with Crippen LogP contribution in [0.2, 0.25) is 0 Å². The van der Waals surface area contributed by atoms with E-state index in [9.17, 15) is 19.5 Å². The van der Waals surface area contributed by atoms with Gasteiger partial charge >= 0.3 is 18.0 Å². The molecule has 2 rings (SSSR count). The number of aryl methyl sites for hydroxylation is 1. The van der Waals surface area contributed by atoms with Crippen LogP contribution in [0.4, 0.5) is 4.79 Å². The van der Waals surface area contributed by atoms with E-state index in [1.165, 1.54) is 14.0 Å². The number of carboxylic acid groups (broad SMARTS) is 1. The van der Waals surface area contributed by atoms with Gasteiger partial charge in [-0.2, -0.15) is 0 Å². The van der Waals surface area contributed by atoms with Gasteiger partial charge < -0.3 is 19.5 Å². The number of nitrogens with zero attached hydrogens (tertiary/aromatic N) is 1. The number of hydrogen-bond donors (Lipinski definition) is 3. The number of esters is 1. The van der Waals surface area contributed by atoms with Crippen molar-refractivity contribution in [2.45, 2.75) is 44.9 Å². The fraction of sp³-hybridized carbons (Fsp3) is 0.333. The van der Waals surface area contributed by atoms with Crippen LogP contribution in [0.25, 0.3) is 0 Å². The van der Waals surface area contributed by atoms with Gasteiger partial charge in [-0.15, -0.1) is 0 Å². The van der Waals surface area contributed by atoms with E-state index >= 15 is 0 Å². The number of hydrogen-bond acceptors (Lipinski definition) is 6. The highest BCUT2D eigenvalue weighted by Crippen LogP contribution is 2.09. The number of ether oxygens (including phenoxy) is 2. The molecule has 33 heavy (non-hydrogen) atoms. The van der Waals surface area contributed by atoms with Crippen molar-refractivity contribution >= 4 is 24.0 Å². The van der Waals surface area contributed by atoms with E-state index in [0.29, 0.717) is 6.42 Å². The fourth-order valence-electron chi connectivity index (χ4n) is 3.10. The van der Waals surface area contributed by atoms with Crippen molar-refractivity contribution in [1.29, 1.82) is 5.41 Å². The third kappa shape index (κ3) is 9.02. The average molecular weight is 456 g/mol. The maximum absolute atomic E-state index is 12.1. The number of benzene rings is 2. The van der Waals surface area contributed by atoms with Crippen LogP contribution in [0.15, 0.2) is 60.7 Å². The van der Waals surface area contributed by atoms with Crippen molar-refractivity contribution < 1.29 is 29.0 Å². The predicted molar refractivity (Wildman–Crippen MR) is 122 cm³/mol. The Balaban J connectivity index is 1.76. The number of carboxylic acids is 1. The lowest BCUT2D eigenvalue weighted by Crippen LogP contribution is -2.50. The van der Waals surface area contributed by atoms with E-state index in [1.54, 1.807) is 24.3 Å². The van der Waals surface area contributed by atoms with Crippen LogP contribution in [-0.2, 0) is 31.9 Å². The van der Waals surface area contributed by atoms with E-state index < -0.39 is 36.3 Å². The van der Waals surface area contributed by atoms with E-state index in [0.717, 1.165) is 22.4 Å². The van der Waals surface area contributed by atoms with Gasteiger partial charge in [0.1, 0.15) is 6.04 Å². The Morgan fingerprint density at radius 2 is 1.58 bits per heavy atom. The van der Waals surface area contributed by atoms with Gasteiger partial charge in [0.25, 0.3) is 0 Å². The first kappa shape index (κ1) is 25.4. The monoisotopic (exact) mass is 455 g/mol.